The van der Waals surface area contributed by atoms with Crippen LogP contribution in [0.3, 0.4) is 0 Å². The van der Waals surface area contributed by atoms with Crippen molar-refractivity contribution in [2.24, 2.45) is 83.6 Å². The molecule has 0 spiro atoms. The van der Waals surface area contributed by atoms with E-state index in [-0.39, 0.29) is 144 Å². The van der Waals surface area contributed by atoms with E-state index in [2.05, 4.69) is 181 Å². The number of aliphatic imine (C=N–C) groups is 4. The lowest BCUT2D eigenvalue weighted by Gasteiger charge is -2.29. The molecule has 0 unspecified atom stereocenters. The van der Waals surface area contributed by atoms with Crippen molar-refractivity contribution in [3.8, 4) is 0 Å². The molecule has 1 heterocycles. The molecule has 656 valence electrons. The number of rotatable bonds is 28. The van der Waals surface area contributed by atoms with E-state index < -0.39 is 222 Å². The normalized spacial score (nSPS) is 25.1. The fourth-order valence-electron chi connectivity index (χ4n) is 10.6. The number of nitrogens with two attached hydrogens (primary N) is 8. The number of thiol groups is 6. The van der Waals surface area contributed by atoms with Gasteiger partial charge in [-0.15, -0.1) is 0 Å². The second-order valence-electron chi connectivity index (χ2n) is 26.9. The predicted molar refractivity (Wildman–Crippen MR) is 455 cm³/mol. The fourth-order valence-corrected chi connectivity index (χ4v) is 12.1. The van der Waals surface area contributed by atoms with Gasteiger partial charge in [0, 0.05) is 60.7 Å². The molecule has 1 aliphatic rings. The lowest BCUT2D eigenvalue weighted by Crippen LogP contribution is -2.61. The van der Waals surface area contributed by atoms with Gasteiger partial charge in [-0.25, -0.2) is 0 Å². The lowest BCUT2D eigenvalue weighted by atomic mass is 9.97. The van der Waals surface area contributed by atoms with Gasteiger partial charge < -0.3 is 131 Å². The summed E-state index contributed by atoms with van der Waals surface area (Å²) >= 11 is 25.7. The fraction of sp³-hybridized carbons (Fsp3) is 0.697. The van der Waals surface area contributed by atoms with Crippen LogP contribution in [0, 0.1) is 17.8 Å². The maximum Gasteiger partial charge on any atom is 0.244 e. The van der Waals surface area contributed by atoms with Crippen LogP contribution < -0.4 is 131 Å². The van der Waals surface area contributed by atoms with Crippen LogP contribution in [-0.2, 0) is 76.7 Å². The zero-order chi connectivity index (χ0) is 87.9. The SMILES string of the molecule is CC[C@H](C)[C@@H]1NC(=O)[C@H](CS)NC(=O)[C@H](CCCN=C(N)N)NC(=O)[C@H](CS)NC(=O)[C@H]([C@@H](C)CC)NC(=O)[C@H](CS)NC(=O)CNC(=O)[C@H](CCCN=C(N)N)NC(=O)[C@H](CS)NC(=O)[C@H](CCCN=C(N)N)NC(=O)[C@H](CS)NC(=O)[C@H]([C@@H](C)CC)NC(=O)[C@H](CS)NC(=O)CNC(=O)[C@H](CCCN=C(N)N)NC(=O)CNC1=O. The molecule has 0 aromatic heterocycles. The van der Waals surface area contributed by atoms with E-state index in [4.69, 9.17) is 45.9 Å². The Balaban J connectivity index is 4.10. The molecule has 32 N–H and O–H groups in total. The van der Waals surface area contributed by atoms with Crippen LogP contribution in [0.25, 0.3) is 0 Å². The summed E-state index contributed by atoms with van der Waals surface area (Å²) in [6.45, 7) is 7.38. The second kappa shape index (κ2) is 56.9. The van der Waals surface area contributed by atoms with Gasteiger partial charge in [-0.2, -0.15) is 75.8 Å². The molecule has 0 aromatic carbocycles. The van der Waals surface area contributed by atoms with E-state index in [0.717, 1.165) is 0 Å². The molecule has 1 saturated heterocycles. The molecule has 44 nitrogen and oxygen atoms in total. The van der Waals surface area contributed by atoms with Crippen LogP contribution in [0.5, 0.6) is 0 Å². The van der Waals surface area contributed by atoms with E-state index in [0.29, 0.717) is 0 Å². The Kier molecular flexibility index (Phi) is 51.4. The summed E-state index contributed by atoms with van der Waals surface area (Å²) in [7, 11) is 0. The molecule has 0 aliphatic carbocycles. The Bertz CT molecular complexity index is 3430. The van der Waals surface area contributed by atoms with Gasteiger partial charge >= 0.3 is 0 Å². The van der Waals surface area contributed by atoms with Gasteiger partial charge in [0.1, 0.15) is 78.5 Å². The third kappa shape index (κ3) is 40.0. The predicted octanol–water partition coefficient (Wildman–Crippen LogP) is -10.4. The molecule has 1 fully saturated rings. The first-order valence-corrected chi connectivity index (χ1v) is 41.2. The first kappa shape index (κ1) is 105. The summed E-state index contributed by atoms with van der Waals surface area (Å²) in [5.41, 5.74) is 44.2. The van der Waals surface area contributed by atoms with Gasteiger partial charge in [0.15, 0.2) is 23.8 Å². The summed E-state index contributed by atoms with van der Waals surface area (Å²) in [6, 6.07) is -19.1. The van der Waals surface area contributed by atoms with Crippen molar-refractivity contribution in [2.45, 2.75) is 191 Å². The Hall–Kier alpha value is -9.30. The standard InChI is InChI=1S/C66H120N28O16S6/c1-7-31(4)47-60(108)81-24-44(95)82-34(14-10-18-75-63(67)68)50(98)79-22-45(96)83-38(25-111)57(105)93-48(32(5)8-2)61(109)90-41(28-114)55(103)86-36(16-12-20-77-65(71)72)52(100)88-40(27-113)54(102)85-35(15-11-19-76-64(69)70)51(99)80-23-46(97)84-39(26-112)58(106)94-49(33(6)9-3)62(110)91-42(29-115)56(104)87-37(17-13-21-78-66(73)74)53(101)89-43(30-116)59(107)92-47/h31-43,47-49,111-116H,7-30H2,1-6H3,(H,79,98)(H,80,99)(H,81,108)(H,82,95)(H,83,96)(H,84,97)(H,85,102)(H,86,103)(H,87,104)(H,88,100)(H,89,101)(H,90,109)(H,91,110)(H,92,107)(H,93,105)(H,94,106)(H4,67,68,75)(H4,69,70,76)(H4,71,72,77)(H4,73,74,78)/t31-,32-,33-,34-,35-,36-,37-,38-,39-,40-,41-,42-,43-,47-,48-,49-/m0/s1. The van der Waals surface area contributed by atoms with E-state index in [1.807, 2.05) is 0 Å². The average molecular weight is 1750 g/mol. The summed E-state index contributed by atoms with van der Waals surface area (Å²) in [6.07, 6.45) is 0.365. The maximum atomic E-state index is 14.3. The van der Waals surface area contributed by atoms with Crippen LogP contribution in [0.2, 0.25) is 0 Å². The van der Waals surface area contributed by atoms with E-state index in [1.165, 1.54) is 0 Å². The van der Waals surface area contributed by atoms with E-state index in [1.54, 1.807) is 41.5 Å². The van der Waals surface area contributed by atoms with Gasteiger partial charge in [-0.05, 0) is 69.1 Å². The highest BCUT2D eigenvalue weighted by molar-refractivity contribution is 7.81. The van der Waals surface area contributed by atoms with Crippen molar-refractivity contribution < 1.29 is 76.7 Å². The summed E-state index contributed by atoms with van der Waals surface area (Å²) < 4.78 is 0. The van der Waals surface area contributed by atoms with Crippen LogP contribution in [0.4, 0.5) is 0 Å². The molecule has 16 atom stereocenters. The highest BCUT2D eigenvalue weighted by Gasteiger charge is 2.39. The molecule has 116 heavy (non-hydrogen) atoms. The topological polar surface area (TPSA) is 723 Å². The Morgan fingerprint density at radius 2 is 0.457 bits per heavy atom. The molecular weight excluding hydrogens is 1630 g/mol. The molecule has 16 amide bonds. The van der Waals surface area contributed by atoms with Gasteiger partial charge in [-0.1, -0.05) is 60.8 Å². The summed E-state index contributed by atoms with van der Waals surface area (Å²) in [5.74, 6) is -20.5. The van der Waals surface area contributed by atoms with Crippen molar-refractivity contribution in [2.75, 3.05) is 80.3 Å². The minimum absolute atomic E-state index is 0.0184. The third-order valence-electron chi connectivity index (χ3n) is 17.9. The van der Waals surface area contributed by atoms with Crippen molar-refractivity contribution in [1.29, 1.82) is 0 Å². The Morgan fingerprint density at radius 3 is 0.698 bits per heavy atom. The monoisotopic (exact) mass is 1750 g/mol. The van der Waals surface area contributed by atoms with E-state index >= 15 is 0 Å². The number of amides is 16. The number of nitrogens with zero attached hydrogens (tertiary/aromatic N) is 4. The molecule has 0 aromatic rings. The quantitative estimate of drug-likeness (QED) is 0.0150. The first-order valence-electron chi connectivity index (χ1n) is 37.4. The molecule has 1 aliphatic heterocycles. The molecule has 1 rings (SSSR count). The zero-order valence-electron chi connectivity index (χ0n) is 65.8. The number of guanidine groups is 4. The summed E-state index contributed by atoms with van der Waals surface area (Å²) in [5, 5.41) is 40.1. The smallest absolute Gasteiger partial charge is 0.244 e. The average Bonchev–Trinajstić information content (AvgIpc) is 0.861. The van der Waals surface area contributed by atoms with Gasteiger partial charge in [-0.3, -0.25) is 96.7 Å². The van der Waals surface area contributed by atoms with Crippen LogP contribution >= 0.6 is 75.8 Å². The number of hydrogen-bond donors (Lipinski definition) is 30. The van der Waals surface area contributed by atoms with Crippen LogP contribution in [-0.4, -0.2) is 277 Å². The van der Waals surface area contributed by atoms with Crippen LogP contribution in [0.1, 0.15) is 112 Å². The van der Waals surface area contributed by atoms with Gasteiger partial charge in [0.25, 0.3) is 0 Å². The minimum Gasteiger partial charge on any atom is -0.370 e. The number of hydrogen-bond acceptors (Lipinski definition) is 26. The minimum atomic E-state index is -1.55. The van der Waals surface area contributed by atoms with Gasteiger partial charge in [0.2, 0.25) is 94.5 Å². The zero-order valence-corrected chi connectivity index (χ0v) is 71.2. The second-order valence-corrected chi connectivity index (χ2v) is 29.1. The van der Waals surface area contributed by atoms with Gasteiger partial charge in [0.05, 0.1) is 19.6 Å². The van der Waals surface area contributed by atoms with Crippen molar-refractivity contribution in [3.63, 3.8) is 0 Å². The molecule has 0 radical (unpaired) electrons. The molecular formula is C66H120N28O16S6. The molecule has 50 heteroatoms. The van der Waals surface area contributed by atoms with Crippen molar-refractivity contribution in [3.05, 3.63) is 0 Å². The Morgan fingerprint density at radius 1 is 0.276 bits per heavy atom. The highest BCUT2D eigenvalue weighted by Crippen LogP contribution is 2.15. The van der Waals surface area contributed by atoms with Crippen molar-refractivity contribution >= 4 is 194 Å². The van der Waals surface area contributed by atoms with Crippen molar-refractivity contribution in [1.82, 2.24) is 85.1 Å². The number of carbonyl (C=O) groups excluding carboxylic acids is 16. The largest absolute Gasteiger partial charge is 0.370 e. The number of carbonyl (C=O) groups is 16. The lowest BCUT2D eigenvalue weighted by molar-refractivity contribution is -0.136. The Labute approximate surface area is 706 Å². The highest BCUT2D eigenvalue weighted by atomic mass is 32.1. The first-order chi connectivity index (χ1) is 54.8. The van der Waals surface area contributed by atoms with E-state index in [9.17, 15) is 76.7 Å². The molecule has 0 bridgehead atoms. The maximum absolute atomic E-state index is 14.3. The molecule has 0 saturated carbocycles. The summed E-state index contributed by atoms with van der Waals surface area (Å²) in [4.78, 5) is 240. The third-order valence-corrected chi connectivity index (χ3v) is 20.1. The number of nitrogens with one attached hydrogen (secondary N) is 16. The van der Waals surface area contributed by atoms with Crippen LogP contribution in [0.15, 0.2) is 20.0 Å².